The summed E-state index contributed by atoms with van der Waals surface area (Å²) in [6.07, 6.45) is 1.91. The van der Waals surface area contributed by atoms with Gasteiger partial charge in [-0.1, -0.05) is 208 Å². The smallest absolute Gasteiger partial charge is 0.135 e. The maximum Gasteiger partial charge on any atom is 0.135 e. The van der Waals surface area contributed by atoms with Crippen LogP contribution in [0, 0.1) is 18.8 Å². The Kier molecular flexibility index (Phi) is 10.4. The Bertz CT molecular complexity index is 4710. The Labute approximate surface area is 503 Å². The Balaban J connectivity index is 0.00000556. The van der Waals surface area contributed by atoms with Gasteiger partial charge in [0.15, 0.2) is 0 Å². The molecule has 0 N–H and O–H groups in total. The number of fused-ring (bicyclic) bond motifs is 24. The van der Waals surface area contributed by atoms with Gasteiger partial charge < -0.3 is 19.1 Å². The number of aromatic nitrogens is 2. The van der Waals surface area contributed by atoms with Gasteiger partial charge in [-0.2, -0.15) is 12.1 Å². The van der Waals surface area contributed by atoms with Gasteiger partial charge in [-0.25, -0.2) is 4.98 Å². The molecule has 0 saturated carbocycles. The minimum Gasteiger partial charge on any atom is -0.509 e. The van der Waals surface area contributed by atoms with Crippen LogP contribution in [0.4, 0.5) is 22.7 Å². The number of nitrogens with zero attached hydrogens (tertiary/aromatic N) is 4. The standard InChI is InChI=1S/C78H51N4O.Pt/c1-76(2,3)48-41-42-79-72(43-48)82-68-36-17-10-27-56(68)57-40-39-51(45-71(57)82)83-50-22-20-21-49(44-50)80-47-81(70-38-19-18-37-69(70)80)75-73-58-28-8-15-34-64(58)77(60-30-11-4-23-52(60)53-24-5-12-31-61(53)77)66(73)46-67-74(75)59-29-9-16-35-65(59)78(67)62-32-13-6-25-54(62)55-26-7-14-33-63(55)78;/h4-43,46-47H,1-3H3;/q-3;. The minimum absolute atomic E-state index is 0. The van der Waals surface area contributed by atoms with E-state index in [1.165, 1.54) is 94.6 Å². The maximum atomic E-state index is 6.87. The minimum atomic E-state index is -0.601. The number of para-hydroxylation sites is 3. The molecule has 13 aromatic rings. The Hall–Kier alpha value is -9.54. The summed E-state index contributed by atoms with van der Waals surface area (Å²) in [6.45, 7) is 9.02. The van der Waals surface area contributed by atoms with Crippen LogP contribution >= 0.6 is 0 Å². The van der Waals surface area contributed by atoms with E-state index in [-0.39, 0.29) is 26.5 Å². The van der Waals surface area contributed by atoms with Crippen molar-refractivity contribution in [2.45, 2.75) is 37.0 Å². The number of ether oxygens (including phenoxy) is 1. The summed E-state index contributed by atoms with van der Waals surface area (Å²) in [5, 5.41) is 2.22. The first-order valence-electron chi connectivity index (χ1n) is 28.8. The molecule has 6 heteroatoms. The molecule has 4 aliphatic carbocycles. The topological polar surface area (TPSA) is 33.5 Å². The van der Waals surface area contributed by atoms with Gasteiger partial charge in [0.25, 0.3) is 0 Å². The average molecular weight is 1260 g/mol. The molecule has 3 heterocycles. The molecule has 0 bridgehead atoms. The molecule has 18 rings (SSSR count). The molecule has 0 atom stereocenters. The molecular formula is C78H51N4OPt-3. The van der Waals surface area contributed by atoms with Crippen LogP contribution in [-0.4, -0.2) is 9.55 Å². The normalized spacial score (nSPS) is 14.6. The van der Waals surface area contributed by atoms with Crippen LogP contribution in [0.2, 0.25) is 0 Å². The second-order valence-electron chi connectivity index (χ2n) is 23.8. The molecule has 0 saturated heterocycles. The van der Waals surface area contributed by atoms with E-state index in [1.54, 1.807) is 0 Å². The van der Waals surface area contributed by atoms with E-state index in [9.17, 15) is 0 Å². The first-order valence-corrected chi connectivity index (χ1v) is 28.8. The van der Waals surface area contributed by atoms with Crippen LogP contribution in [0.1, 0.15) is 70.8 Å². The molecule has 0 unspecified atom stereocenters. The third kappa shape index (κ3) is 6.35. The van der Waals surface area contributed by atoms with Crippen molar-refractivity contribution in [1.29, 1.82) is 0 Å². The van der Waals surface area contributed by atoms with Gasteiger partial charge in [0.1, 0.15) is 5.82 Å². The van der Waals surface area contributed by atoms with Gasteiger partial charge in [0.2, 0.25) is 0 Å². The zero-order chi connectivity index (χ0) is 54.9. The van der Waals surface area contributed by atoms with Gasteiger partial charge >= 0.3 is 0 Å². The van der Waals surface area contributed by atoms with Gasteiger partial charge in [-0.05, 0) is 125 Å². The van der Waals surface area contributed by atoms with Crippen molar-refractivity contribution in [3.8, 4) is 61.8 Å². The summed E-state index contributed by atoms with van der Waals surface area (Å²) >= 11 is 0. The van der Waals surface area contributed by atoms with Crippen LogP contribution in [-0.2, 0) is 37.3 Å². The first-order chi connectivity index (χ1) is 40.8. The van der Waals surface area contributed by atoms with E-state index >= 15 is 0 Å². The molecule has 402 valence electrons. The van der Waals surface area contributed by atoms with Crippen molar-refractivity contribution in [2.75, 3.05) is 9.80 Å². The van der Waals surface area contributed by atoms with E-state index in [4.69, 9.17) is 9.72 Å². The van der Waals surface area contributed by atoms with Crippen LogP contribution in [0.5, 0.6) is 11.5 Å². The molecule has 5 aliphatic rings. The van der Waals surface area contributed by atoms with E-state index in [2.05, 4.69) is 284 Å². The summed E-state index contributed by atoms with van der Waals surface area (Å²) in [7, 11) is 0. The predicted octanol–water partition coefficient (Wildman–Crippen LogP) is 19.0. The largest absolute Gasteiger partial charge is 0.509 e. The molecule has 84 heavy (non-hydrogen) atoms. The molecule has 5 nitrogen and oxygen atoms in total. The molecular weight excluding hydrogens is 1200 g/mol. The van der Waals surface area contributed by atoms with Crippen molar-refractivity contribution in [1.82, 2.24) is 9.55 Å². The molecule has 11 aromatic carbocycles. The van der Waals surface area contributed by atoms with E-state index in [0.717, 1.165) is 50.4 Å². The number of hydrogen-bond donors (Lipinski definition) is 0. The van der Waals surface area contributed by atoms with Gasteiger partial charge in [-0.3, -0.25) is 0 Å². The number of anilines is 4. The third-order valence-electron chi connectivity index (χ3n) is 18.7. The maximum absolute atomic E-state index is 6.87. The Morgan fingerprint density at radius 1 is 0.429 bits per heavy atom. The van der Waals surface area contributed by atoms with E-state index in [1.807, 2.05) is 18.3 Å². The molecule has 1 aliphatic heterocycles. The molecule has 0 amide bonds. The van der Waals surface area contributed by atoms with E-state index in [0.29, 0.717) is 11.5 Å². The number of pyridine rings is 1. The fraction of sp³-hybridized carbons (Fsp3) is 0.0769. The average Bonchev–Trinajstić information content (AvgIpc) is 1.60. The van der Waals surface area contributed by atoms with Gasteiger partial charge in [0, 0.05) is 72.5 Å². The second kappa shape index (κ2) is 17.7. The van der Waals surface area contributed by atoms with Crippen molar-refractivity contribution in [3.05, 3.63) is 318 Å². The second-order valence-corrected chi connectivity index (χ2v) is 23.8. The first kappa shape index (κ1) is 49.1. The zero-order valence-electron chi connectivity index (χ0n) is 46.3. The van der Waals surface area contributed by atoms with Crippen LogP contribution < -0.4 is 14.5 Å². The monoisotopic (exact) mass is 1250 g/mol. The predicted molar refractivity (Wildman–Crippen MR) is 336 cm³/mol. The Morgan fingerprint density at radius 3 is 1.46 bits per heavy atom. The molecule has 0 fully saturated rings. The van der Waals surface area contributed by atoms with Crippen molar-refractivity contribution in [2.24, 2.45) is 0 Å². The van der Waals surface area contributed by atoms with Crippen molar-refractivity contribution < 1.29 is 25.8 Å². The van der Waals surface area contributed by atoms with E-state index < -0.39 is 10.8 Å². The fourth-order valence-electron chi connectivity index (χ4n) is 15.4. The van der Waals surface area contributed by atoms with Crippen LogP contribution in [0.25, 0.3) is 72.1 Å². The number of rotatable bonds is 5. The Morgan fingerprint density at radius 2 is 0.905 bits per heavy atom. The van der Waals surface area contributed by atoms with Crippen LogP contribution in [0.3, 0.4) is 0 Å². The number of hydrogen-bond acceptors (Lipinski definition) is 4. The van der Waals surface area contributed by atoms with Crippen molar-refractivity contribution in [3.63, 3.8) is 0 Å². The van der Waals surface area contributed by atoms with Gasteiger partial charge in [0.05, 0.1) is 10.8 Å². The summed E-state index contributed by atoms with van der Waals surface area (Å²) in [6, 6.07) is 97.3. The SMILES string of the molecule is CC(C)(C)c1ccnc(-n2c3[c-]c(Oc4[c-]c(N5[CH-]N(c6c7c(cc8c6-c6ccccc6C86c8ccccc8-c8ccccc86)C6(c8ccccc8-c8ccccc86)c6ccccc6-7)c6ccccc65)ccc4)ccc3c3ccccc32)c1.[Pt]. The van der Waals surface area contributed by atoms with Crippen molar-refractivity contribution >= 4 is 44.6 Å². The molecule has 2 spiro atoms. The molecule has 2 aromatic heterocycles. The van der Waals surface area contributed by atoms with Crippen LogP contribution in [0.15, 0.2) is 249 Å². The summed E-state index contributed by atoms with van der Waals surface area (Å²) < 4.78 is 9.08. The third-order valence-corrected chi connectivity index (χ3v) is 18.7. The summed E-state index contributed by atoms with van der Waals surface area (Å²) in [5.41, 5.74) is 26.7. The van der Waals surface area contributed by atoms with Gasteiger partial charge in [-0.15, -0.1) is 48.1 Å². The quantitative estimate of drug-likeness (QED) is 0.161. The summed E-state index contributed by atoms with van der Waals surface area (Å²) in [4.78, 5) is 9.72. The summed E-state index contributed by atoms with van der Waals surface area (Å²) in [5.74, 6) is 2.03. The molecule has 0 radical (unpaired) electrons. The fourth-order valence-corrected chi connectivity index (χ4v) is 15.4. The zero-order valence-corrected chi connectivity index (χ0v) is 48.5. The number of benzene rings is 11.